The van der Waals surface area contributed by atoms with Gasteiger partial charge in [-0.2, -0.15) is 0 Å². The van der Waals surface area contributed by atoms with Crippen molar-refractivity contribution < 1.29 is 23.9 Å². The van der Waals surface area contributed by atoms with Crippen molar-refractivity contribution in [2.45, 2.75) is 96.6 Å². The Morgan fingerprint density at radius 2 is 1.97 bits per heavy atom. The molecule has 2 N–H and O–H groups in total. The highest BCUT2D eigenvalue weighted by Crippen LogP contribution is 2.25. The second kappa shape index (κ2) is 15.7. The molecule has 212 valence electrons. The van der Waals surface area contributed by atoms with Gasteiger partial charge in [0.25, 0.3) is 0 Å². The van der Waals surface area contributed by atoms with Crippen LogP contribution in [-0.4, -0.2) is 73.2 Å². The quantitative estimate of drug-likeness (QED) is 0.263. The molecule has 9 nitrogen and oxygen atoms in total. The fraction of sp³-hybridized carbons (Fsp3) is 0.724. The number of anilines is 1. The Kier molecular flexibility index (Phi) is 12.3. The summed E-state index contributed by atoms with van der Waals surface area (Å²) < 4.78 is 10.3. The van der Waals surface area contributed by atoms with Crippen LogP contribution < -0.4 is 10.6 Å². The SMILES string of the molecule is CCOC(=O)[C@H](CCCCCCCc1ccc2c(n1)NCCC2)NC(=O)[C@@H]1[C@@H](C)CCN1C(=O)CCOC. The fourth-order valence-electron chi connectivity index (χ4n) is 5.40. The van der Waals surface area contributed by atoms with Gasteiger partial charge in [0.1, 0.15) is 17.9 Å². The molecule has 38 heavy (non-hydrogen) atoms. The van der Waals surface area contributed by atoms with Gasteiger partial charge in [0.2, 0.25) is 11.8 Å². The zero-order chi connectivity index (χ0) is 27.3. The van der Waals surface area contributed by atoms with E-state index in [4.69, 9.17) is 14.5 Å². The Morgan fingerprint density at radius 3 is 2.76 bits per heavy atom. The summed E-state index contributed by atoms with van der Waals surface area (Å²) in [5.74, 6) is 0.313. The Hall–Kier alpha value is -2.68. The van der Waals surface area contributed by atoms with Crippen molar-refractivity contribution >= 4 is 23.6 Å². The van der Waals surface area contributed by atoms with Crippen LogP contribution in [0.25, 0.3) is 0 Å². The summed E-state index contributed by atoms with van der Waals surface area (Å²) in [4.78, 5) is 44.8. The average Bonchev–Trinajstić information content (AvgIpc) is 3.31. The number of unbranched alkanes of at least 4 members (excludes halogenated alkanes) is 4. The number of pyridine rings is 1. The van der Waals surface area contributed by atoms with Crippen LogP contribution in [0.3, 0.4) is 0 Å². The van der Waals surface area contributed by atoms with Gasteiger partial charge in [-0.3, -0.25) is 9.59 Å². The van der Waals surface area contributed by atoms with Gasteiger partial charge >= 0.3 is 5.97 Å². The molecular weight excluding hydrogens is 484 g/mol. The van der Waals surface area contributed by atoms with Crippen LogP contribution in [0.2, 0.25) is 0 Å². The molecule has 2 amide bonds. The molecule has 0 aliphatic carbocycles. The summed E-state index contributed by atoms with van der Waals surface area (Å²) >= 11 is 0. The zero-order valence-electron chi connectivity index (χ0n) is 23.4. The number of carbonyl (C=O) groups excluding carboxylic acids is 3. The van der Waals surface area contributed by atoms with E-state index in [2.05, 4.69) is 22.8 Å². The van der Waals surface area contributed by atoms with Crippen molar-refractivity contribution in [2.75, 3.05) is 38.7 Å². The van der Waals surface area contributed by atoms with Crippen molar-refractivity contribution in [2.24, 2.45) is 5.92 Å². The van der Waals surface area contributed by atoms with Gasteiger partial charge in [-0.25, -0.2) is 9.78 Å². The molecule has 3 atom stereocenters. The number of likely N-dealkylation sites (tertiary alicyclic amines) is 1. The first-order chi connectivity index (χ1) is 18.4. The number of fused-ring (bicyclic) bond motifs is 1. The first-order valence-corrected chi connectivity index (χ1v) is 14.4. The standard InChI is InChI=1S/C29H46N4O5/c1-4-38-29(36)24(32-28(35)26-21(2)16-19-33(26)25(34)17-20-37-3)13-9-7-5-6-8-12-23-15-14-22-11-10-18-30-27(22)31-23/h14-15,21,24,26H,4-13,16-20H2,1-3H3,(H,30,31)(H,32,35)/t21-,24-,26-/m0/s1. The van der Waals surface area contributed by atoms with Gasteiger partial charge in [0.05, 0.1) is 19.6 Å². The second-order valence-electron chi connectivity index (χ2n) is 10.5. The molecule has 0 aromatic carbocycles. The Morgan fingerprint density at radius 1 is 1.18 bits per heavy atom. The van der Waals surface area contributed by atoms with Gasteiger partial charge in [-0.15, -0.1) is 0 Å². The van der Waals surface area contributed by atoms with E-state index < -0.39 is 18.1 Å². The topological polar surface area (TPSA) is 110 Å². The third-order valence-electron chi connectivity index (χ3n) is 7.57. The van der Waals surface area contributed by atoms with Gasteiger partial charge < -0.3 is 25.0 Å². The molecule has 0 spiro atoms. The Bertz CT molecular complexity index is 924. The third kappa shape index (κ3) is 8.68. The number of nitrogens with one attached hydrogen (secondary N) is 2. The highest BCUT2D eigenvalue weighted by molar-refractivity contribution is 5.91. The number of hydrogen-bond acceptors (Lipinski definition) is 7. The number of carbonyl (C=O) groups is 3. The van der Waals surface area contributed by atoms with E-state index >= 15 is 0 Å². The summed E-state index contributed by atoms with van der Waals surface area (Å²) in [5, 5.41) is 6.31. The van der Waals surface area contributed by atoms with Crippen LogP contribution >= 0.6 is 0 Å². The molecule has 1 aromatic heterocycles. The van der Waals surface area contributed by atoms with E-state index in [1.807, 2.05) is 6.92 Å². The summed E-state index contributed by atoms with van der Waals surface area (Å²) in [5.41, 5.74) is 2.45. The van der Waals surface area contributed by atoms with Crippen molar-refractivity contribution in [1.82, 2.24) is 15.2 Å². The Balaban J connectivity index is 1.42. The number of nitrogens with zero attached hydrogens (tertiary/aromatic N) is 2. The number of aromatic nitrogens is 1. The number of ether oxygens (including phenoxy) is 2. The van der Waals surface area contributed by atoms with Crippen LogP contribution in [0.5, 0.6) is 0 Å². The van der Waals surface area contributed by atoms with E-state index in [-0.39, 0.29) is 30.8 Å². The monoisotopic (exact) mass is 530 g/mol. The lowest BCUT2D eigenvalue weighted by atomic mass is 10.0. The van der Waals surface area contributed by atoms with E-state index in [0.29, 0.717) is 19.6 Å². The summed E-state index contributed by atoms with van der Waals surface area (Å²) in [6.07, 6.45) is 9.82. The molecule has 9 heteroatoms. The largest absolute Gasteiger partial charge is 0.464 e. The maximum Gasteiger partial charge on any atom is 0.328 e. The molecular formula is C29H46N4O5. The lowest BCUT2D eigenvalue weighted by molar-refractivity contribution is -0.149. The first kappa shape index (κ1) is 29.9. The van der Waals surface area contributed by atoms with Gasteiger partial charge in [0, 0.05) is 25.9 Å². The number of rotatable bonds is 15. The predicted molar refractivity (Wildman–Crippen MR) is 147 cm³/mol. The van der Waals surface area contributed by atoms with Gasteiger partial charge in [-0.1, -0.05) is 38.7 Å². The maximum absolute atomic E-state index is 13.2. The highest BCUT2D eigenvalue weighted by Gasteiger charge is 2.40. The van der Waals surface area contributed by atoms with E-state index in [9.17, 15) is 14.4 Å². The van der Waals surface area contributed by atoms with E-state index in [1.165, 1.54) is 12.0 Å². The molecule has 0 saturated carbocycles. The van der Waals surface area contributed by atoms with Crippen molar-refractivity contribution in [3.8, 4) is 0 Å². The molecule has 2 aliphatic heterocycles. The molecule has 0 unspecified atom stereocenters. The maximum atomic E-state index is 13.2. The third-order valence-corrected chi connectivity index (χ3v) is 7.57. The predicted octanol–water partition coefficient (Wildman–Crippen LogP) is 3.64. The van der Waals surface area contributed by atoms with Crippen LogP contribution in [0, 0.1) is 5.92 Å². The smallest absolute Gasteiger partial charge is 0.328 e. The van der Waals surface area contributed by atoms with Crippen molar-refractivity contribution in [3.05, 3.63) is 23.4 Å². The summed E-state index contributed by atoms with van der Waals surface area (Å²) in [7, 11) is 1.55. The minimum atomic E-state index is -0.696. The van der Waals surface area contributed by atoms with Crippen LogP contribution in [0.4, 0.5) is 5.82 Å². The molecule has 3 heterocycles. The molecule has 1 aromatic rings. The Labute approximate surface area is 227 Å². The minimum absolute atomic E-state index is 0.0322. The van der Waals surface area contributed by atoms with E-state index in [0.717, 1.165) is 69.4 Å². The first-order valence-electron chi connectivity index (χ1n) is 14.4. The second-order valence-corrected chi connectivity index (χ2v) is 10.5. The lowest BCUT2D eigenvalue weighted by Gasteiger charge is -2.28. The minimum Gasteiger partial charge on any atom is -0.464 e. The van der Waals surface area contributed by atoms with E-state index in [1.54, 1.807) is 18.9 Å². The molecule has 0 radical (unpaired) electrons. The van der Waals surface area contributed by atoms with Crippen LogP contribution in [0.15, 0.2) is 12.1 Å². The summed E-state index contributed by atoms with van der Waals surface area (Å²) in [6.45, 7) is 5.87. The molecule has 0 bridgehead atoms. The fourth-order valence-corrected chi connectivity index (χ4v) is 5.40. The lowest BCUT2D eigenvalue weighted by Crippen LogP contribution is -2.52. The zero-order valence-corrected chi connectivity index (χ0v) is 23.4. The molecule has 1 fully saturated rings. The van der Waals surface area contributed by atoms with Crippen LogP contribution in [0.1, 0.15) is 82.9 Å². The number of amides is 2. The molecule has 2 aliphatic rings. The number of hydrogen-bond donors (Lipinski definition) is 2. The van der Waals surface area contributed by atoms with Crippen molar-refractivity contribution in [3.63, 3.8) is 0 Å². The van der Waals surface area contributed by atoms with Gasteiger partial charge in [-0.05, 0) is 63.0 Å². The summed E-state index contributed by atoms with van der Waals surface area (Å²) in [6, 6.07) is 3.09. The molecule has 3 rings (SSSR count). The average molecular weight is 531 g/mol. The van der Waals surface area contributed by atoms with Crippen molar-refractivity contribution in [1.29, 1.82) is 0 Å². The number of aryl methyl sites for hydroxylation is 2. The number of esters is 1. The molecule has 1 saturated heterocycles. The van der Waals surface area contributed by atoms with Crippen LogP contribution in [-0.2, 0) is 36.7 Å². The highest BCUT2D eigenvalue weighted by atomic mass is 16.5. The number of methoxy groups -OCH3 is 1. The van der Waals surface area contributed by atoms with Gasteiger partial charge in [0.15, 0.2) is 0 Å². The normalized spacial score (nSPS) is 19.4.